The zero-order valence-electron chi connectivity index (χ0n) is 19.2. The third-order valence-electron chi connectivity index (χ3n) is 6.72. The molecule has 0 aliphatic carbocycles. The number of ketones is 1. The summed E-state index contributed by atoms with van der Waals surface area (Å²) in [6.07, 6.45) is 2.33. The highest BCUT2D eigenvalue weighted by Crippen LogP contribution is 2.43. The standard InChI is InChI=1S/C28H24Cl2N2O3/c1-17-6-2-3-7-21(17)25-24(26(33)18-8-13-22(29)23(30)16-18)27(34)28(35)32(25)20-11-9-19(10-12-20)31-14-4-5-15-31/h2-3,6-13,16,25,33H,4-5,14-15H2,1H3/b26-24+. The minimum absolute atomic E-state index is 0.0197. The van der Waals surface area contributed by atoms with Crippen LogP contribution in [0.5, 0.6) is 0 Å². The Bertz CT molecular complexity index is 1340. The Labute approximate surface area is 214 Å². The maximum absolute atomic E-state index is 13.4. The molecule has 2 aliphatic heterocycles. The predicted octanol–water partition coefficient (Wildman–Crippen LogP) is 6.53. The summed E-state index contributed by atoms with van der Waals surface area (Å²) in [4.78, 5) is 30.5. The van der Waals surface area contributed by atoms with Crippen LogP contribution in [0.25, 0.3) is 5.76 Å². The van der Waals surface area contributed by atoms with Crippen molar-refractivity contribution in [3.05, 3.63) is 99.0 Å². The van der Waals surface area contributed by atoms with Crippen molar-refractivity contribution in [3.8, 4) is 0 Å². The zero-order valence-corrected chi connectivity index (χ0v) is 20.7. The molecule has 0 radical (unpaired) electrons. The van der Waals surface area contributed by atoms with Crippen molar-refractivity contribution in [1.29, 1.82) is 0 Å². The number of carbonyl (C=O) groups excluding carboxylic acids is 2. The molecule has 1 N–H and O–H groups in total. The summed E-state index contributed by atoms with van der Waals surface area (Å²) in [5.74, 6) is -1.72. The van der Waals surface area contributed by atoms with Crippen LogP contribution in [-0.4, -0.2) is 29.9 Å². The first-order valence-electron chi connectivity index (χ1n) is 11.5. The van der Waals surface area contributed by atoms with Crippen LogP contribution < -0.4 is 9.80 Å². The van der Waals surface area contributed by atoms with Crippen molar-refractivity contribution in [2.45, 2.75) is 25.8 Å². The van der Waals surface area contributed by atoms with E-state index in [1.54, 1.807) is 12.1 Å². The lowest BCUT2D eigenvalue weighted by molar-refractivity contribution is -0.132. The first kappa shape index (κ1) is 23.5. The van der Waals surface area contributed by atoms with E-state index in [-0.39, 0.29) is 16.4 Å². The van der Waals surface area contributed by atoms with E-state index in [1.807, 2.05) is 55.5 Å². The first-order chi connectivity index (χ1) is 16.9. The minimum atomic E-state index is -0.789. The summed E-state index contributed by atoms with van der Waals surface area (Å²) in [5, 5.41) is 11.8. The second kappa shape index (κ2) is 9.40. The van der Waals surface area contributed by atoms with Gasteiger partial charge < -0.3 is 10.0 Å². The average molecular weight is 507 g/mol. The van der Waals surface area contributed by atoms with Crippen LogP contribution in [0.2, 0.25) is 10.0 Å². The number of anilines is 2. The van der Waals surface area contributed by atoms with Crippen molar-refractivity contribution < 1.29 is 14.7 Å². The van der Waals surface area contributed by atoms with Gasteiger partial charge in [-0.2, -0.15) is 0 Å². The van der Waals surface area contributed by atoms with Crippen molar-refractivity contribution >= 4 is 52.0 Å². The van der Waals surface area contributed by atoms with Crippen molar-refractivity contribution in [2.75, 3.05) is 22.9 Å². The minimum Gasteiger partial charge on any atom is -0.507 e. The van der Waals surface area contributed by atoms with Gasteiger partial charge in [0.25, 0.3) is 11.7 Å². The molecule has 0 aromatic heterocycles. The lowest BCUT2D eigenvalue weighted by Gasteiger charge is -2.27. The van der Waals surface area contributed by atoms with Crippen LogP contribution in [0.4, 0.5) is 11.4 Å². The van der Waals surface area contributed by atoms with Crippen LogP contribution in [0, 0.1) is 6.92 Å². The number of hydrogen-bond donors (Lipinski definition) is 1. The molecule has 35 heavy (non-hydrogen) atoms. The summed E-state index contributed by atoms with van der Waals surface area (Å²) in [5.41, 5.74) is 3.68. The second-order valence-corrected chi connectivity index (χ2v) is 9.68. The van der Waals surface area contributed by atoms with E-state index in [0.29, 0.717) is 16.3 Å². The molecule has 1 unspecified atom stereocenters. The molecule has 0 saturated carbocycles. The fourth-order valence-corrected chi connectivity index (χ4v) is 5.18. The molecule has 2 saturated heterocycles. The van der Waals surface area contributed by atoms with Crippen LogP contribution in [0.3, 0.4) is 0 Å². The van der Waals surface area contributed by atoms with Gasteiger partial charge in [-0.25, -0.2) is 0 Å². The van der Waals surface area contributed by atoms with Crippen molar-refractivity contribution in [1.82, 2.24) is 0 Å². The fourth-order valence-electron chi connectivity index (χ4n) is 4.88. The second-order valence-electron chi connectivity index (χ2n) is 8.87. The Morgan fingerprint density at radius 1 is 0.886 bits per heavy atom. The highest BCUT2D eigenvalue weighted by Gasteiger charge is 2.47. The number of amides is 1. The molecular formula is C28H24Cl2N2O3. The molecule has 2 fully saturated rings. The van der Waals surface area contributed by atoms with Gasteiger partial charge in [0.2, 0.25) is 0 Å². The normalized spacial score (nSPS) is 19.6. The van der Waals surface area contributed by atoms with Gasteiger partial charge in [-0.15, -0.1) is 0 Å². The van der Waals surface area contributed by atoms with Gasteiger partial charge in [0, 0.05) is 30.0 Å². The third kappa shape index (κ3) is 4.19. The molecular weight excluding hydrogens is 483 g/mol. The number of carbonyl (C=O) groups is 2. The van der Waals surface area contributed by atoms with Crippen LogP contribution in [0.1, 0.15) is 35.6 Å². The maximum Gasteiger partial charge on any atom is 0.300 e. The van der Waals surface area contributed by atoms with E-state index in [4.69, 9.17) is 23.2 Å². The zero-order chi connectivity index (χ0) is 24.7. The number of aliphatic hydroxyl groups is 1. The number of nitrogens with zero attached hydrogens (tertiary/aromatic N) is 2. The highest BCUT2D eigenvalue weighted by atomic mass is 35.5. The van der Waals surface area contributed by atoms with E-state index in [1.165, 1.54) is 23.8 Å². The summed E-state index contributed by atoms with van der Waals surface area (Å²) in [6, 6.07) is 19.1. The maximum atomic E-state index is 13.4. The monoisotopic (exact) mass is 506 g/mol. The Morgan fingerprint density at radius 2 is 1.54 bits per heavy atom. The number of aryl methyl sites for hydroxylation is 1. The number of aliphatic hydroxyl groups excluding tert-OH is 1. The Morgan fingerprint density at radius 3 is 2.20 bits per heavy atom. The number of Topliss-reactive ketones (excluding diaryl/α,β-unsaturated/α-hetero) is 1. The van der Waals surface area contributed by atoms with Gasteiger partial charge in [-0.3, -0.25) is 14.5 Å². The topological polar surface area (TPSA) is 60.9 Å². The summed E-state index contributed by atoms with van der Waals surface area (Å²) in [7, 11) is 0. The predicted molar refractivity (Wildman–Crippen MR) is 140 cm³/mol. The SMILES string of the molecule is Cc1ccccc1C1/C(=C(\O)c2ccc(Cl)c(Cl)c2)C(=O)C(=O)N1c1ccc(N2CCCC2)cc1. The molecule has 2 heterocycles. The van der Waals surface area contributed by atoms with Gasteiger partial charge in [-0.05, 0) is 73.4 Å². The van der Waals surface area contributed by atoms with E-state index in [0.717, 1.165) is 29.9 Å². The summed E-state index contributed by atoms with van der Waals surface area (Å²) in [6.45, 7) is 3.94. The van der Waals surface area contributed by atoms with Crippen LogP contribution in [-0.2, 0) is 9.59 Å². The number of benzene rings is 3. The third-order valence-corrected chi connectivity index (χ3v) is 7.46. The Hall–Kier alpha value is -3.28. The average Bonchev–Trinajstić information content (AvgIpc) is 3.48. The van der Waals surface area contributed by atoms with E-state index >= 15 is 0 Å². The molecule has 3 aromatic carbocycles. The van der Waals surface area contributed by atoms with Gasteiger partial charge in [-0.1, -0.05) is 47.5 Å². The quantitative estimate of drug-likeness (QED) is 0.248. The van der Waals surface area contributed by atoms with Crippen LogP contribution in [0.15, 0.2) is 72.3 Å². The summed E-state index contributed by atoms with van der Waals surface area (Å²) >= 11 is 12.2. The van der Waals surface area contributed by atoms with E-state index < -0.39 is 17.7 Å². The van der Waals surface area contributed by atoms with E-state index in [9.17, 15) is 14.7 Å². The van der Waals surface area contributed by atoms with Crippen LogP contribution >= 0.6 is 23.2 Å². The Balaban J connectivity index is 1.65. The molecule has 5 nitrogen and oxygen atoms in total. The van der Waals surface area contributed by atoms with Crippen molar-refractivity contribution in [2.24, 2.45) is 0 Å². The van der Waals surface area contributed by atoms with Crippen molar-refractivity contribution in [3.63, 3.8) is 0 Å². The molecule has 0 bridgehead atoms. The highest BCUT2D eigenvalue weighted by molar-refractivity contribution is 6.51. The van der Waals surface area contributed by atoms with Gasteiger partial charge in [0.15, 0.2) is 0 Å². The smallest absolute Gasteiger partial charge is 0.300 e. The Kier molecular flexibility index (Phi) is 6.30. The molecule has 2 aliphatic rings. The molecule has 1 atom stereocenters. The van der Waals surface area contributed by atoms with E-state index in [2.05, 4.69) is 4.90 Å². The first-order valence-corrected chi connectivity index (χ1v) is 12.3. The fraction of sp³-hybridized carbons (Fsp3) is 0.214. The number of hydrogen-bond acceptors (Lipinski definition) is 4. The van der Waals surface area contributed by atoms with Gasteiger partial charge >= 0.3 is 0 Å². The molecule has 0 spiro atoms. The molecule has 7 heteroatoms. The molecule has 178 valence electrons. The number of halogens is 2. The molecule has 5 rings (SSSR count). The molecule has 1 amide bonds. The van der Waals surface area contributed by atoms with Gasteiger partial charge in [0.1, 0.15) is 5.76 Å². The lowest BCUT2D eigenvalue weighted by atomic mass is 9.92. The van der Waals surface area contributed by atoms with Gasteiger partial charge in [0.05, 0.1) is 21.7 Å². The molecule has 3 aromatic rings. The lowest BCUT2D eigenvalue weighted by Crippen LogP contribution is -2.29. The largest absolute Gasteiger partial charge is 0.507 e. The summed E-state index contributed by atoms with van der Waals surface area (Å²) < 4.78 is 0. The number of rotatable bonds is 4.